The Kier molecular flexibility index (Phi) is 7.42. The van der Waals surface area contributed by atoms with Gasteiger partial charge >= 0.3 is 0 Å². The number of methoxy groups -OCH3 is 2. The summed E-state index contributed by atoms with van der Waals surface area (Å²) in [6.45, 7) is 0. The van der Waals surface area contributed by atoms with Gasteiger partial charge in [-0.1, -0.05) is 0 Å². The number of hydrogen-bond donors (Lipinski definition) is 3. The van der Waals surface area contributed by atoms with Gasteiger partial charge in [-0.25, -0.2) is 22.3 Å². The lowest BCUT2D eigenvalue weighted by Crippen LogP contribution is -2.44. The van der Waals surface area contributed by atoms with Crippen molar-refractivity contribution in [3.8, 4) is 11.5 Å². The SMILES string of the molecule is COc1ccc(S(=O)(=O)C(N)CC(C(=O)NO)S(=O)(=O)c2ccc(OC)cc2)cc1. The fourth-order valence-corrected chi connectivity index (χ4v) is 5.73. The number of hydroxylamine groups is 1. The van der Waals surface area contributed by atoms with Gasteiger partial charge in [0.05, 0.1) is 24.0 Å². The van der Waals surface area contributed by atoms with Crippen LogP contribution in [0, 0.1) is 0 Å². The number of carbonyl (C=O) groups is 1. The van der Waals surface area contributed by atoms with E-state index in [4.69, 9.17) is 20.4 Å². The molecule has 0 heterocycles. The van der Waals surface area contributed by atoms with Crippen LogP contribution >= 0.6 is 0 Å². The lowest BCUT2D eigenvalue weighted by atomic mass is 10.3. The zero-order chi connectivity index (χ0) is 22.5. The highest BCUT2D eigenvalue weighted by Gasteiger charge is 2.39. The first-order valence-corrected chi connectivity index (χ1v) is 11.6. The van der Waals surface area contributed by atoms with Crippen molar-refractivity contribution in [3.05, 3.63) is 48.5 Å². The van der Waals surface area contributed by atoms with Crippen molar-refractivity contribution in [3.63, 3.8) is 0 Å². The van der Waals surface area contributed by atoms with Gasteiger partial charge in [0.2, 0.25) is 0 Å². The van der Waals surface area contributed by atoms with Crippen LogP contribution in [-0.2, 0) is 24.5 Å². The topological polar surface area (TPSA) is 162 Å². The van der Waals surface area contributed by atoms with Crippen molar-refractivity contribution >= 4 is 25.6 Å². The minimum absolute atomic E-state index is 0.166. The molecule has 164 valence electrons. The first kappa shape index (κ1) is 23.6. The molecular formula is C18H22N2O8S2. The van der Waals surface area contributed by atoms with Gasteiger partial charge in [0.15, 0.2) is 19.7 Å². The quantitative estimate of drug-likeness (QED) is 0.359. The Morgan fingerprint density at radius 1 is 0.900 bits per heavy atom. The van der Waals surface area contributed by atoms with E-state index in [1.807, 2.05) is 0 Å². The van der Waals surface area contributed by atoms with Crippen molar-refractivity contribution in [1.29, 1.82) is 0 Å². The zero-order valence-electron chi connectivity index (χ0n) is 16.2. The maximum absolute atomic E-state index is 12.9. The van der Waals surface area contributed by atoms with Crippen LogP contribution in [0.3, 0.4) is 0 Å². The van der Waals surface area contributed by atoms with Gasteiger partial charge in [-0.05, 0) is 48.5 Å². The molecule has 0 aromatic heterocycles. The molecule has 0 spiro atoms. The number of sulfone groups is 2. The van der Waals surface area contributed by atoms with Crippen LogP contribution in [0.5, 0.6) is 11.5 Å². The Balaban J connectivity index is 2.37. The van der Waals surface area contributed by atoms with Crippen LogP contribution in [0.25, 0.3) is 0 Å². The highest BCUT2D eigenvalue weighted by Crippen LogP contribution is 2.25. The molecule has 10 nitrogen and oxygen atoms in total. The zero-order valence-corrected chi connectivity index (χ0v) is 17.8. The van der Waals surface area contributed by atoms with E-state index in [2.05, 4.69) is 0 Å². The van der Waals surface area contributed by atoms with Gasteiger partial charge in [0.1, 0.15) is 22.1 Å². The summed E-state index contributed by atoms with van der Waals surface area (Å²) in [6.07, 6.45) is -0.783. The van der Waals surface area contributed by atoms with Crippen molar-refractivity contribution in [2.45, 2.75) is 26.8 Å². The number of nitrogens with one attached hydrogen (secondary N) is 1. The number of benzene rings is 2. The summed E-state index contributed by atoms with van der Waals surface area (Å²) in [4.78, 5) is 11.7. The van der Waals surface area contributed by atoms with Gasteiger partial charge in [0.25, 0.3) is 5.91 Å². The third-order valence-electron chi connectivity index (χ3n) is 4.40. The fraction of sp³-hybridized carbons (Fsp3) is 0.278. The van der Waals surface area contributed by atoms with E-state index in [9.17, 15) is 21.6 Å². The molecule has 2 aromatic carbocycles. The number of hydrogen-bond acceptors (Lipinski definition) is 9. The van der Waals surface area contributed by atoms with Gasteiger partial charge in [0, 0.05) is 6.42 Å². The monoisotopic (exact) mass is 458 g/mol. The molecule has 1 amide bonds. The smallest absolute Gasteiger partial charge is 0.262 e. The Morgan fingerprint density at radius 3 is 1.67 bits per heavy atom. The number of carbonyl (C=O) groups excluding carboxylic acids is 1. The number of ether oxygens (including phenoxy) is 2. The molecule has 0 radical (unpaired) electrons. The average Bonchev–Trinajstić information content (AvgIpc) is 2.76. The van der Waals surface area contributed by atoms with Gasteiger partial charge < -0.3 is 15.2 Å². The number of rotatable bonds is 9. The van der Waals surface area contributed by atoms with E-state index in [1.54, 1.807) is 0 Å². The Labute approximate surface area is 174 Å². The third kappa shape index (κ3) is 4.90. The second-order valence-corrected chi connectivity index (χ2v) is 10.5. The van der Waals surface area contributed by atoms with Crippen molar-refractivity contribution in [1.82, 2.24) is 5.48 Å². The van der Waals surface area contributed by atoms with Crippen LogP contribution in [-0.4, -0.2) is 52.8 Å². The van der Waals surface area contributed by atoms with Crippen LogP contribution in [0.15, 0.2) is 58.3 Å². The predicted molar refractivity (Wildman–Crippen MR) is 107 cm³/mol. The molecule has 0 aliphatic carbocycles. The summed E-state index contributed by atoms with van der Waals surface area (Å²) < 4.78 is 61.3. The summed E-state index contributed by atoms with van der Waals surface area (Å²) in [5, 5.41) is 5.32. The van der Waals surface area contributed by atoms with Crippen molar-refractivity contribution in [2.24, 2.45) is 5.73 Å². The van der Waals surface area contributed by atoms with E-state index in [-0.39, 0.29) is 9.79 Å². The molecule has 30 heavy (non-hydrogen) atoms. The summed E-state index contributed by atoms with van der Waals surface area (Å²) >= 11 is 0. The molecule has 4 N–H and O–H groups in total. The van der Waals surface area contributed by atoms with Gasteiger partial charge in [-0.2, -0.15) is 0 Å². The standard InChI is InChI=1S/C18H22N2O8S2/c1-27-12-3-7-14(8-4-12)29(23,24)16(18(21)20-22)11-17(19)30(25,26)15-9-5-13(28-2)6-10-15/h3-10,16-17,22H,11,19H2,1-2H3,(H,20,21). The highest BCUT2D eigenvalue weighted by atomic mass is 32.2. The van der Waals surface area contributed by atoms with Crippen LogP contribution < -0.4 is 20.7 Å². The van der Waals surface area contributed by atoms with E-state index in [0.717, 1.165) is 0 Å². The predicted octanol–water partition coefficient (Wildman–Crippen LogP) is 0.500. The molecule has 0 fully saturated rings. The third-order valence-corrected chi connectivity index (χ3v) is 8.40. The normalized spacial score (nSPS) is 13.9. The lowest BCUT2D eigenvalue weighted by Gasteiger charge is -2.20. The molecule has 2 rings (SSSR count). The fourth-order valence-electron chi connectivity index (χ4n) is 2.65. The van der Waals surface area contributed by atoms with Crippen LogP contribution in [0.2, 0.25) is 0 Å². The van der Waals surface area contributed by atoms with E-state index in [1.165, 1.54) is 68.2 Å². The van der Waals surface area contributed by atoms with Crippen molar-refractivity contribution in [2.75, 3.05) is 14.2 Å². The molecule has 2 atom stereocenters. The molecule has 2 unspecified atom stereocenters. The minimum Gasteiger partial charge on any atom is -0.497 e. The number of amides is 1. The van der Waals surface area contributed by atoms with Crippen molar-refractivity contribution < 1.29 is 36.3 Å². The second-order valence-electron chi connectivity index (χ2n) is 6.18. The maximum atomic E-state index is 12.9. The van der Waals surface area contributed by atoms with E-state index >= 15 is 0 Å². The van der Waals surface area contributed by atoms with E-state index < -0.39 is 42.6 Å². The Bertz CT molecular complexity index is 1080. The molecule has 2 aromatic rings. The van der Waals surface area contributed by atoms with Gasteiger partial charge in [-0.15, -0.1) is 0 Å². The minimum atomic E-state index is -4.38. The summed E-state index contributed by atoms with van der Waals surface area (Å²) in [5.41, 5.74) is 7.07. The Morgan fingerprint density at radius 2 is 1.30 bits per heavy atom. The first-order valence-electron chi connectivity index (χ1n) is 8.53. The molecule has 0 aliphatic rings. The molecule has 0 saturated carbocycles. The lowest BCUT2D eigenvalue weighted by molar-refractivity contribution is -0.128. The maximum Gasteiger partial charge on any atom is 0.262 e. The first-order chi connectivity index (χ1) is 14.1. The van der Waals surface area contributed by atoms with E-state index in [0.29, 0.717) is 11.5 Å². The largest absolute Gasteiger partial charge is 0.497 e. The summed E-state index contributed by atoms with van der Waals surface area (Å²) in [7, 11) is -5.74. The molecule has 0 saturated heterocycles. The summed E-state index contributed by atoms with van der Waals surface area (Å²) in [5.74, 6) is -0.496. The highest BCUT2D eigenvalue weighted by molar-refractivity contribution is 7.93. The Hall–Kier alpha value is -2.67. The van der Waals surface area contributed by atoms with Crippen LogP contribution in [0.1, 0.15) is 6.42 Å². The number of nitrogens with two attached hydrogens (primary N) is 1. The van der Waals surface area contributed by atoms with Crippen LogP contribution in [0.4, 0.5) is 0 Å². The average molecular weight is 459 g/mol. The molecule has 0 aliphatic heterocycles. The second kappa shape index (κ2) is 9.43. The summed E-state index contributed by atoms with van der Waals surface area (Å²) in [6, 6.07) is 10.5. The van der Waals surface area contributed by atoms with Gasteiger partial charge in [-0.3, -0.25) is 10.0 Å². The molecule has 0 bridgehead atoms. The molecule has 12 heteroatoms. The molecular weight excluding hydrogens is 436 g/mol.